The van der Waals surface area contributed by atoms with Crippen molar-refractivity contribution < 1.29 is 0 Å². The lowest BCUT2D eigenvalue weighted by molar-refractivity contribution is 0.478. The highest BCUT2D eigenvalue weighted by Crippen LogP contribution is 2.27. The summed E-state index contributed by atoms with van der Waals surface area (Å²) in [5.41, 5.74) is 2.39. The van der Waals surface area contributed by atoms with E-state index < -0.39 is 0 Å². The maximum absolute atomic E-state index is 4.52. The van der Waals surface area contributed by atoms with Gasteiger partial charge in [-0.3, -0.25) is 4.99 Å². The van der Waals surface area contributed by atoms with Crippen LogP contribution >= 0.6 is 0 Å². The van der Waals surface area contributed by atoms with Gasteiger partial charge in [-0.15, -0.1) is 0 Å². The zero-order valence-electron chi connectivity index (χ0n) is 12.1. The van der Waals surface area contributed by atoms with Crippen LogP contribution in [-0.4, -0.2) is 17.8 Å². The minimum atomic E-state index is 0.176. The summed E-state index contributed by atoms with van der Waals surface area (Å²) in [7, 11) is 1.84. The number of aliphatic imine (C=N–C) groups is 1. The molecule has 1 unspecified atom stereocenters. The summed E-state index contributed by atoms with van der Waals surface area (Å²) in [5.74, 6) is 0.977. The van der Waals surface area contributed by atoms with E-state index in [9.17, 15) is 0 Å². The average molecular weight is 274 g/mol. The Morgan fingerprint density at radius 3 is 2.24 bits per heavy atom. The van der Waals surface area contributed by atoms with Crippen molar-refractivity contribution in [2.24, 2.45) is 4.99 Å². The molecular formula is C19H18N2. The van der Waals surface area contributed by atoms with Gasteiger partial charge in [0.2, 0.25) is 0 Å². The third kappa shape index (κ3) is 2.79. The molecule has 104 valence electrons. The standard InChI is InChI=1S/C19H18N2/c1-20-19(17-12-6-3-7-13-17)21-15-9-8-14-18(21)16-10-4-2-5-11-16/h2-15,18H,1H3. The van der Waals surface area contributed by atoms with E-state index in [2.05, 4.69) is 64.6 Å². The van der Waals surface area contributed by atoms with Crippen LogP contribution in [0.25, 0.3) is 0 Å². The number of hydrogen-bond donors (Lipinski definition) is 0. The molecule has 0 bridgehead atoms. The summed E-state index contributed by atoms with van der Waals surface area (Å²) >= 11 is 0. The van der Waals surface area contributed by atoms with Crippen molar-refractivity contribution in [1.82, 2.24) is 4.90 Å². The highest BCUT2D eigenvalue weighted by atomic mass is 15.2. The molecule has 0 N–H and O–H groups in total. The Hall–Kier alpha value is -2.61. The average Bonchev–Trinajstić information content (AvgIpc) is 2.58. The molecule has 2 aromatic carbocycles. The predicted octanol–water partition coefficient (Wildman–Crippen LogP) is 4.19. The Kier molecular flexibility index (Phi) is 3.97. The molecule has 1 aliphatic rings. The topological polar surface area (TPSA) is 15.6 Å². The largest absolute Gasteiger partial charge is 0.322 e. The molecule has 3 rings (SSSR count). The highest BCUT2D eigenvalue weighted by molar-refractivity contribution is 5.99. The second kappa shape index (κ2) is 6.23. The summed E-state index contributed by atoms with van der Waals surface area (Å²) in [6.07, 6.45) is 8.43. The fourth-order valence-corrected chi connectivity index (χ4v) is 2.60. The first-order valence-corrected chi connectivity index (χ1v) is 7.10. The van der Waals surface area contributed by atoms with Gasteiger partial charge >= 0.3 is 0 Å². The minimum Gasteiger partial charge on any atom is -0.322 e. The summed E-state index contributed by atoms with van der Waals surface area (Å²) in [6.45, 7) is 0. The third-order valence-electron chi connectivity index (χ3n) is 3.58. The maximum Gasteiger partial charge on any atom is 0.135 e. The predicted molar refractivity (Wildman–Crippen MR) is 88.2 cm³/mol. The molecule has 21 heavy (non-hydrogen) atoms. The summed E-state index contributed by atoms with van der Waals surface area (Å²) in [5, 5.41) is 0. The van der Waals surface area contributed by atoms with Gasteiger partial charge < -0.3 is 4.90 Å². The van der Waals surface area contributed by atoms with E-state index in [0.717, 1.165) is 11.4 Å². The van der Waals surface area contributed by atoms with Gasteiger partial charge in [0.25, 0.3) is 0 Å². The summed E-state index contributed by atoms with van der Waals surface area (Å²) < 4.78 is 0. The second-order valence-corrected chi connectivity index (χ2v) is 4.90. The van der Waals surface area contributed by atoms with Crippen molar-refractivity contribution in [2.75, 3.05) is 7.05 Å². The van der Waals surface area contributed by atoms with E-state index in [4.69, 9.17) is 0 Å². The number of benzene rings is 2. The number of amidine groups is 1. The van der Waals surface area contributed by atoms with Gasteiger partial charge in [-0.1, -0.05) is 72.8 Å². The normalized spacial score (nSPS) is 18.0. The Morgan fingerprint density at radius 2 is 1.57 bits per heavy atom. The second-order valence-electron chi connectivity index (χ2n) is 4.90. The molecular weight excluding hydrogens is 256 g/mol. The van der Waals surface area contributed by atoms with Gasteiger partial charge in [-0.2, -0.15) is 0 Å². The summed E-state index contributed by atoms with van der Waals surface area (Å²) in [4.78, 5) is 6.73. The molecule has 2 aromatic rings. The molecule has 0 aliphatic carbocycles. The molecule has 0 radical (unpaired) electrons. The van der Waals surface area contributed by atoms with Crippen LogP contribution in [0.4, 0.5) is 0 Å². The van der Waals surface area contributed by atoms with Gasteiger partial charge in [-0.05, 0) is 11.6 Å². The van der Waals surface area contributed by atoms with Crippen molar-refractivity contribution in [3.8, 4) is 0 Å². The third-order valence-corrected chi connectivity index (χ3v) is 3.58. The minimum absolute atomic E-state index is 0.176. The van der Waals surface area contributed by atoms with Gasteiger partial charge in [0.1, 0.15) is 5.84 Å². The molecule has 0 spiro atoms. The quantitative estimate of drug-likeness (QED) is 0.592. The summed E-state index contributed by atoms with van der Waals surface area (Å²) in [6, 6.07) is 21.0. The lowest BCUT2D eigenvalue weighted by Gasteiger charge is -2.31. The molecule has 0 fully saturated rings. The Labute approximate surface area is 125 Å². The smallest absolute Gasteiger partial charge is 0.135 e. The van der Waals surface area contributed by atoms with Crippen LogP contribution in [0.5, 0.6) is 0 Å². The zero-order chi connectivity index (χ0) is 14.5. The number of allylic oxidation sites excluding steroid dienone is 2. The van der Waals surface area contributed by atoms with Crippen LogP contribution in [0.2, 0.25) is 0 Å². The number of nitrogens with zero attached hydrogens (tertiary/aromatic N) is 2. The van der Waals surface area contributed by atoms with Crippen LogP contribution in [0.3, 0.4) is 0 Å². The Balaban J connectivity index is 1.99. The lowest BCUT2D eigenvalue weighted by Crippen LogP contribution is -2.31. The zero-order valence-corrected chi connectivity index (χ0v) is 12.1. The SMILES string of the molecule is CN=C(c1ccccc1)N1C=CC=CC1c1ccccc1. The van der Waals surface area contributed by atoms with Gasteiger partial charge in [-0.25, -0.2) is 0 Å². The Bertz CT molecular complexity index is 669. The van der Waals surface area contributed by atoms with Crippen LogP contribution in [0.15, 0.2) is 90.1 Å². The molecule has 1 heterocycles. The fourth-order valence-electron chi connectivity index (χ4n) is 2.60. The van der Waals surface area contributed by atoms with E-state index >= 15 is 0 Å². The van der Waals surface area contributed by atoms with Gasteiger partial charge in [0, 0.05) is 18.8 Å². The molecule has 0 amide bonds. The highest BCUT2D eigenvalue weighted by Gasteiger charge is 2.21. The first-order chi connectivity index (χ1) is 10.4. The molecule has 0 saturated carbocycles. The fraction of sp³-hybridized carbons (Fsp3) is 0.105. The van der Waals surface area contributed by atoms with Crippen molar-refractivity contribution >= 4 is 5.84 Å². The number of rotatable bonds is 2. The van der Waals surface area contributed by atoms with Crippen molar-refractivity contribution in [3.05, 3.63) is 96.2 Å². The molecule has 1 atom stereocenters. The van der Waals surface area contributed by atoms with E-state index in [0.29, 0.717) is 0 Å². The van der Waals surface area contributed by atoms with Crippen LogP contribution in [0.1, 0.15) is 17.2 Å². The van der Waals surface area contributed by atoms with E-state index in [1.54, 1.807) is 0 Å². The molecule has 0 saturated heterocycles. The van der Waals surface area contributed by atoms with E-state index in [1.807, 2.05) is 37.4 Å². The van der Waals surface area contributed by atoms with Gasteiger partial charge in [0.05, 0.1) is 6.04 Å². The molecule has 1 aliphatic heterocycles. The molecule has 0 aromatic heterocycles. The van der Waals surface area contributed by atoms with Crippen LogP contribution in [-0.2, 0) is 0 Å². The van der Waals surface area contributed by atoms with Gasteiger partial charge in [0.15, 0.2) is 0 Å². The molecule has 2 heteroatoms. The van der Waals surface area contributed by atoms with Crippen LogP contribution in [0, 0.1) is 0 Å². The monoisotopic (exact) mass is 274 g/mol. The number of hydrogen-bond acceptors (Lipinski definition) is 1. The van der Waals surface area contributed by atoms with Crippen molar-refractivity contribution in [3.63, 3.8) is 0 Å². The Morgan fingerprint density at radius 1 is 0.905 bits per heavy atom. The van der Waals surface area contributed by atoms with E-state index in [-0.39, 0.29) is 6.04 Å². The molecule has 2 nitrogen and oxygen atoms in total. The van der Waals surface area contributed by atoms with Crippen LogP contribution < -0.4 is 0 Å². The first-order valence-electron chi connectivity index (χ1n) is 7.10. The van der Waals surface area contributed by atoms with Crippen molar-refractivity contribution in [1.29, 1.82) is 0 Å². The maximum atomic E-state index is 4.52. The van der Waals surface area contributed by atoms with Crippen molar-refractivity contribution in [2.45, 2.75) is 6.04 Å². The van der Waals surface area contributed by atoms with E-state index in [1.165, 1.54) is 5.56 Å². The first kappa shape index (κ1) is 13.4. The lowest BCUT2D eigenvalue weighted by atomic mass is 10.0.